The van der Waals surface area contributed by atoms with Gasteiger partial charge in [-0.05, 0) is 0 Å². The predicted octanol–water partition coefficient (Wildman–Crippen LogP) is 0.913. The van der Waals surface area contributed by atoms with Crippen LogP contribution in [0.3, 0.4) is 0 Å². The molecule has 0 amide bonds. The average molecular weight is 139 g/mol. The van der Waals surface area contributed by atoms with Gasteiger partial charge in [0.05, 0.1) is 0 Å². The number of hydrogen-bond donors (Lipinski definition) is 1. The van der Waals surface area contributed by atoms with Crippen LogP contribution in [-0.2, 0) is 6.61 Å². The molecule has 0 bridgehead atoms. The van der Waals surface area contributed by atoms with Crippen molar-refractivity contribution in [2.24, 2.45) is 0 Å². The van der Waals surface area contributed by atoms with Gasteiger partial charge in [-0.2, -0.15) is 4.98 Å². The van der Waals surface area contributed by atoms with Crippen LogP contribution in [0.5, 0.6) is 0 Å². The Labute approximate surface area is 56.1 Å². The van der Waals surface area contributed by atoms with Crippen LogP contribution in [0, 0.1) is 0 Å². The lowest BCUT2D eigenvalue weighted by atomic mass is 10.5. The van der Waals surface area contributed by atoms with Gasteiger partial charge < -0.3 is 13.9 Å². The lowest BCUT2D eigenvalue weighted by Gasteiger charge is -1.80. The fourth-order valence-corrected chi connectivity index (χ4v) is 0.795. The quantitative estimate of drug-likeness (QED) is 0.638. The monoisotopic (exact) mass is 139 g/mol. The molecule has 52 valence electrons. The highest BCUT2D eigenvalue weighted by Gasteiger charge is 2.04. The van der Waals surface area contributed by atoms with Crippen LogP contribution >= 0.6 is 0 Å². The average Bonchev–Trinajstić information content (AvgIpc) is 2.42. The van der Waals surface area contributed by atoms with Gasteiger partial charge in [0, 0.05) is 6.07 Å². The number of hydrogen-bond acceptors (Lipinski definition) is 4. The molecule has 2 heterocycles. The molecule has 0 spiro atoms. The molecule has 2 aromatic rings. The van der Waals surface area contributed by atoms with E-state index in [1.165, 1.54) is 6.39 Å². The van der Waals surface area contributed by atoms with Crippen molar-refractivity contribution in [3.05, 3.63) is 18.2 Å². The highest BCUT2D eigenvalue weighted by Crippen LogP contribution is 2.16. The summed E-state index contributed by atoms with van der Waals surface area (Å²) in [5.74, 6) is 0.474. The molecule has 10 heavy (non-hydrogen) atoms. The van der Waals surface area contributed by atoms with Crippen molar-refractivity contribution < 1.29 is 13.9 Å². The van der Waals surface area contributed by atoms with E-state index in [0.717, 1.165) is 0 Å². The van der Waals surface area contributed by atoms with E-state index in [4.69, 9.17) is 13.9 Å². The van der Waals surface area contributed by atoms with Crippen molar-refractivity contribution >= 4 is 11.3 Å². The largest absolute Gasteiger partial charge is 0.440 e. The highest BCUT2D eigenvalue weighted by atomic mass is 16.4. The molecule has 1 N–H and O–H groups in total. The molecular weight excluding hydrogens is 134 g/mol. The van der Waals surface area contributed by atoms with Crippen LogP contribution < -0.4 is 0 Å². The van der Waals surface area contributed by atoms with Gasteiger partial charge in [0.15, 0.2) is 12.0 Å². The van der Waals surface area contributed by atoms with E-state index in [1.807, 2.05) is 0 Å². The van der Waals surface area contributed by atoms with Crippen LogP contribution in [-0.4, -0.2) is 10.1 Å². The molecule has 0 saturated carbocycles. The zero-order valence-corrected chi connectivity index (χ0v) is 5.07. The minimum absolute atomic E-state index is 0.119. The van der Waals surface area contributed by atoms with Gasteiger partial charge in [-0.15, -0.1) is 0 Å². The summed E-state index contributed by atoms with van der Waals surface area (Å²) >= 11 is 0. The molecule has 2 aromatic heterocycles. The van der Waals surface area contributed by atoms with Crippen molar-refractivity contribution in [2.45, 2.75) is 6.61 Å². The van der Waals surface area contributed by atoms with Gasteiger partial charge in [0.25, 0.3) is 5.71 Å². The SMILES string of the molecule is OCc1cc2ocnc2o1. The second kappa shape index (κ2) is 1.85. The van der Waals surface area contributed by atoms with Crippen LogP contribution in [0.15, 0.2) is 21.3 Å². The highest BCUT2D eigenvalue weighted by molar-refractivity contribution is 5.65. The molecule has 0 radical (unpaired) electrons. The summed E-state index contributed by atoms with van der Waals surface area (Å²) in [6.07, 6.45) is 1.30. The summed E-state index contributed by atoms with van der Waals surface area (Å²) in [7, 11) is 0. The molecule has 0 unspecified atom stereocenters. The van der Waals surface area contributed by atoms with Gasteiger partial charge in [0.2, 0.25) is 0 Å². The number of furan rings is 1. The first kappa shape index (κ1) is 5.49. The van der Waals surface area contributed by atoms with Crippen LogP contribution in [0.4, 0.5) is 0 Å². The number of aliphatic hydroxyl groups is 1. The van der Waals surface area contributed by atoms with Crippen LogP contribution in [0.2, 0.25) is 0 Å². The third-order valence-corrected chi connectivity index (χ3v) is 1.24. The number of oxazole rings is 1. The maximum atomic E-state index is 8.59. The van der Waals surface area contributed by atoms with E-state index in [2.05, 4.69) is 4.98 Å². The van der Waals surface area contributed by atoms with Crippen molar-refractivity contribution in [3.8, 4) is 0 Å². The Morgan fingerprint density at radius 2 is 2.50 bits per heavy atom. The fraction of sp³-hybridized carbons (Fsp3) is 0.167. The summed E-state index contributed by atoms with van der Waals surface area (Å²) in [5.41, 5.74) is 1.01. The molecule has 0 aliphatic carbocycles. The zero-order valence-electron chi connectivity index (χ0n) is 5.07. The molecule has 4 heteroatoms. The molecule has 0 aliphatic rings. The Balaban J connectivity index is 2.67. The second-order valence-corrected chi connectivity index (χ2v) is 1.89. The van der Waals surface area contributed by atoms with E-state index in [1.54, 1.807) is 6.07 Å². The van der Waals surface area contributed by atoms with E-state index >= 15 is 0 Å². The normalized spacial score (nSPS) is 10.9. The van der Waals surface area contributed by atoms with Gasteiger partial charge >= 0.3 is 0 Å². The number of nitrogens with zero attached hydrogens (tertiary/aromatic N) is 1. The lowest BCUT2D eigenvalue weighted by molar-refractivity contribution is 0.250. The van der Waals surface area contributed by atoms with Gasteiger partial charge in [-0.3, -0.25) is 0 Å². The first-order valence-electron chi connectivity index (χ1n) is 2.83. The minimum Gasteiger partial charge on any atom is -0.440 e. The molecule has 0 saturated heterocycles. The molecule has 4 nitrogen and oxygen atoms in total. The fourth-order valence-electron chi connectivity index (χ4n) is 0.795. The summed E-state index contributed by atoms with van der Waals surface area (Å²) in [4.78, 5) is 3.74. The third-order valence-electron chi connectivity index (χ3n) is 1.24. The van der Waals surface area contributed by atoms with Crippen molar-refractivity contribution in [3.63, 3.8) is 0 Å². The molecule has 0 aromatic carbocycles. The van der Waals surface area contributed by atoms with E-state index in [0.29, 0.717) is 17.1 Å². The first-order valence-corrected chi connectivity index (χ1v) is 2.83. The topological polar surface area (TPSA) is 59.4 Å². The Kier molecular flexibility index (Phi) is 1.01. The third kappa shape index (κ3) is 0.625. The summed E-state index contributed by atoms with van der Waals surface area (Å²) in [6.45, 7) is -0.119. The molecular formula is C6H5NO3. The summed E-state index contributed by atoms with van der Waals surface area (Å²) in [6, 6.07) is 1.61. The minimum atomic E-state index is -0.119. The summed E-state index contributed by atoms with van der Waals surface area (Å²) < 4.78 is 9.89. The lowest BCUT2D eigenvalue weighted by Crippen LogP contribution is -1.73. The molecule has 0 fully saturated rings. The number of fused-ring (bicyclic) bond motifs is 1. The van der Waals surface area contributed by atoms with Gasteiger partial charge in [-0.25, -0.2) is 0 Å². The standard InChI is InChI=1S/C6H5NO3/c8-2-4-1-5-6(10-4)7-3-9-5/h1,3,8H,2H2. The Hall–Kier alpha value is -1.29. The second-order valence-electron chi connectivity index (χ2n) is 1.89. The van der Waals surface area contributed by atoms with Crippen LogP contribution in [0.25, 0.3) is 11.3 Å². The first-order chi connectivity index (χ1) is 4.90. The predicted molar refractivity (Wildman–Crippen MR) is 32.2 cm³/mol. The number of aromatic nitrogens is 1. The van der Waals surface area contributed by atoms with E-state index in [-0.39, 0.29) is 6.61 Å². The Morgan fingerprint density at radius 1 is 1.60 bits per heavy atom. The number of rotatable bonds is 1. The number of aliphatic hydroxyl groups excluding tert-OH is 1. The smallest absolute Gasteiger partial charge is 0.265 e. The van der Waals surface area contributed by atoms with Gasteiger partial charge in [-0.1, -0.05) is 0 Å². The van der Waals surface area contributed by atoms with E-state index < -0.39 is 0 Å². The van der Waals surface area contributed by atoms with E-state index in [9.17, 15) is 0 Å². The van der Waals surface area contributed by atoms with Gasteiger partial charge in [0.1, 0.15) is 12.4 Å². The maximum Gasteiger partial charge on any atom is 0.265 e. The van der Waals surface area contributed by atoms with Crippen molar-refractivity contribution in [2.75, 3.05) is 0 Å². The Bertz CT molecular complexity index is 307. The van der Waals surface area contributed by atoms with Crippen LogP contribution in [0.1, 0.15) is 5.76 Å². The van der Waals surface area contributed by atoms with Crippen molar-refractivity contribution in [1.82, 2.24) is 4.98 Å². The molecule has 0 aliphatic heterocycles. The Morgan fingerprint density at radius 3 is 3.20 bits per heavy atom. The summed E-state index contributed by atoms with van der Waals surface area (Å²) in [5, 5.41) is 8.59. The maximum absolute atomic E-state index is 8.59. The molecule has 0 atom stereocenters. The van der Waals surface area contributed by atoms with Crippen molar-refractivity contribution in [1.29, 1.82) is 0 Å². The molecule has 2 rings (SSSR count). The zero-order chi connectivity index (χ0) is 6.97.